The van der Waals surface area contributed by atoms with Crippen molar-refractivity contribution in [3.8, 4) is 0 Å². The van der Waals surface area contributed by atoms with Crippen LogP contribution in [0.3, 0.4) is 0 Å². The number of benzene rings is 1. The molecule has 1 aromatic carbocycles. The van der Waals surface area contributed by atoms with Crippen LogP contribution in [-0.2, 0) is 0 Å². The monoisotopic (exact) mass is 294 g/mol. The summed E-state index contributed by atoms with van der Waals surface area (Å²) in [5.41, 5.74) is 9.78. The predicted molar refractivity (Wildman–Crippen MR) is 88.9 cm³/mol. The second-order valence-corrected chi connectivity index (χ2v) is 6.54. The molecule has 1 aromatic heterocycles. The van der Waals surface area contributed by atoms with Crippen LogP contribution in [0.1, 0.15) is 54.5 Å². The van der Waals surface area contributed by atoms with Gasteiger partial charge in [0.1, 0.15) is 11.6 Å². The van der Waals surface area contributed by atoms with Crippen molar-refractivity contribution in [2.75, 3.05) is 17.2 Å². The van der Waals surface area contributed by atoms with E-state index in [1.165, 1.54) is 30.4 Å². The van der Waals surface area contributed by atoms with Crippen molar-refractivity contribution >= 4 is 11.6 Å². The third kappa shape index (κ3) is 2.43. The van der Waals surface area contributed by atoms with Gasteiger partial charge in [-0.1, -0.05) is 29.8 Å². The summed E-state index contributed by atoms with van der Waals surface area (Å²) in [6.45, 7) is 3.15. The maximum absolute atomic E-state index is 6.13. The van der Waals surface area contributed by atoms with Gasteiger partial charge in [-0.2, -0.15) is 0 Å². The third-order valence-corrected chi connectivity index (χ3v) is 4.79. The summed E-state index contributed by atoms with van der Waals surface area (Å²) in [4.78, 5) is 11.6. The molecule has 114 valence electrons. The van der Waals surface area contributed by atoms with Crippen molar-refractivity contribution in [3.05, 3.63) is 47.3 Å². The topological polar surface area (TPSA) is 55.0 Å². The van der Waals surface area contributed by atoms with Crippen molar-refractivity contribution in [1.82, 2.24) is 9.97 Å². The van der Waals surface area contributed by atoms with Crippen LogP contribution in [0, 0.1) is 6.92 Å². The summed E-state index contributed by atoms with van der Waals surface area (Å²) in [6.07, 6.45) is 6.66. The van der Waals surface area contributed by atoms with E-state index in [1.807, 2.05) is 6.20 Å². The predicted octanol–water partition coefficient (Wildman–Crippen LogP) is 3.59. The number of nitrogens with zero attached hydrogens (tertiary/aromatic N) is 3. The van der Waals surface area contributed by atoms with Gasteiger partial charge in [0, 0.05) is 12.5 Å². The zero-order valence-corrected chi connectivity index (χ0v) is 13.0. The molecule has 1 atom stereocenters. The average molecular weight is 294 g/mol. The highest BCUT2D eigenvalue weighted by molar-refractivity contribution is 5.50. The van der Waals surface area contributed by atoms with Gasteiger partial charge in [-0.05, 0) is 38.2 Å². The number of hydrogen-bond acceptors (Lipinski definition) is 4. The van der Waals surface area contributed by atoms with E-state index in [2.05, 4.69) is 46.1 Å². The van der Waals surface area contributed by atoms with Crippen LogP contribution in [0.25, 0.3) is 0 Å². The lowest BCUT2D eigenvalue weighted by Gasteiger charge is -2.26. The largest absolute Gasteiger partial charge is 0.382 e. The molecule has 2 fully saturated rings. The van der Waals surface area contributed by atoms with Gasteiger partial charge in [0.15, 0.2) is 0 Å². The summed E-state index contributed by atoms with van der Waals surface area (Å²) in [5.74, 6) is 2.09. The first-order valence-electron chi connectivity index (χ1n) is 8.18. The van der Waals surface area contributed by atoms with E-state index in [0.29, 0.717) is 17.8 Å². The van der Waals surface area contributed by atoms with Crippen LogP contribution < -0.4 is 10.6 Å². The van der Waals surface area contributed by atoms with Crippen molar-refractivity contribution < 1.29 is 0 Å². The molecule has 1 aliphatic carbocycles. The highest BCUT2D eigenvalue weighted by Crippen LogP contribution is 2.42. The Morgan fingerprint density at radius 2 is 1.91 bits per heavy atom. The zero-order chi connectivity index (χ0) is 15.1. The molecule has 22 heavy (non-hydrogen) atoms. The molecule has 2 aliphatic rings. The molecular weight excluding hydrogens is 272 g/mol. The molecule has 4 heteroatoms. The molecule has 1 unspecified atom stereocenters. The summed E-state index contributed by atoms with van der Waals surface area (Å²) in [6, 6.07) is 9.21. The Labute approximate surface area is 131 Å². The lowest BCUT2D eigenvalue weighted by Crippen LogP contribution is -2.24. The first-order chi connectivity index (χ1) is 10.7. The Morgan fingerprint density at radius 1 is 1.14 bits per heavy atom. The minimum atomic E-state index is 0.390. The molecular formula is C18H22N4. The van der Waals surface area contributed by atoms with Gasteiger partial charge < -0.3 is 10.6 Å². The summed E-state index contributed by atoms with van der Waals surface area (Å²) in [7, 11) is 0. The SMILES string of the molecule is Cc1ccc(C2CCCN2c2cnc(C3CC3)c(N)n2)cc1. The molecule has 0 amide bonds. The summed E-state index contributed by atoms with van der Waals surface area (Å²) in [5, 5.41) is 0. The van der Waals surface area contributed by atoms with Crippen LogP contribution in [0.5, 0.6) is 0 Å². The molecule has 0 bridgehead atoms. The Balaban J connectivity index is 1.63. The number of hydrogen-bond donors (Lipinski definition) is 1. The number of rotatable bonds is 3. The molecule has 2 heterocycles. The number of aryl methyl sites for hydroxylation is 1. The highest BCUT2D eigenvalue weighted by Gasteiger charge is 2.30. The van der Waals surface area contributed by atoms with Crippen LogP contribution in [0.15, 0.2) is 30.5 Å². The van der Waals surface area contributed by atoms with Gasteiger partial charge in [-0.25, -0.2) is 4.98 Å². The molecule has 0 radical (unpaired) electrons. The Morgan fingerprint density at radius 3 is 2.59 bits per heavy atom. The second-order valence-electron chi connectivity index (χ2n) is 6.54. The van der Waals surface area contributed by atoms with E-state index < -0.39 is 0 Å². The quantitative estimate of drug-likeness (QED) is 0.940. The molecule has 4 nitrogen and oxygen atoms in total. The van der Waals surface area contributed by atoms with Crippen molar-refractivity contribution in [2.24, 2.45) is 0 Å². The minimum absolute atomic E-state index is 0.390. The second kappa shape index (κ2) is 5.27. The van der Waals surface area contributed by atoms with E-state index in [9.17, 15) is 0 Å². The number of anilines is 2. The molecule has 1 aliphatic heterocycles. The van der Waals surface area contributed by atoms with Crippen molar-refractivity contribution in [1.29, 1.82) is 0 Å². The van der Waals surface area contributed by atoms with E-state index >= 15 is 0 Å². The van der Waals surface area contributed by atoms with Crippen LogP contribution in [0.2, 0.25) is 0 Å². The minimum Gasteiger partial charge on any atom is -0.382 e. The maximum atomic E-state index is 6.13. The van der Waals surface area contributed by atoms with E-state index in [-0.39, 0.29) is 0 Å². The number of aromatic nitrogens is 2. The average Bonchev–Trinajstić information content (AvgIpc) is 3.24. The fourth-order valence-electron chi connectivity index (χ4n) is 3.39. The van der Waals surface area contributed by atoms with Crippen molar-refractivity contribution in [3.63, 3.8) is 0 Å². The normalized spacial score (nSPS) is 21.3. The maximum Gasteiger partial charge on any atom is 0.150 e. The fraction of sp³-hybridized carbons (Fsp3) is 0.444. The standard InChI is InChI=1S/C18H22N4/c1-12-4-6-13(7-5-12)15-3-2-10-22(15)16-11-20-17(14-8-9-14)18(19)21-16/h4-7,11,14-15H,2-3,8-10H2,1H3,(H2,19,21). The smallest absolute Gasteiger partial charge is 0.150 e. The molecule has 2 N–H and O–H groups in total. The number of nitrogen functional groups attached to an aromatic ring is 1. The zero-order valence-electron chi connectivity index (χ0n) is 13.0. The van der Waals surface area contributed by atoms with Crippen molar-refractivity contribution in [2.45, 2.75) is 44.6 Å². The van der Waals surface area contributed by atoms with Gasteiger partial charge in [0.2, 0.25) is 0 Å². The fourth-order valence-corrected chi connectivity index (χ4v) is 3.39. The molecule has 4 rings (SSSR count). The first kappa shape index (κ1) is 13.6. The Bertz CT molecular complexity index is 676. The Kier molecular flexibility index (Phi) is 3.25. The first-order valence-corrected chi connectivity index (χ1v) is 8.18. The Hall–Kier alpha value is -2.10. The lowest BCUT2D eigenvalue weighted by atomic mass is 10.0. The van der Waals surface area contributed by atoms with E-state index in [0.717, 1.165) is 24.5 Å². The molecule has 2 aromatic rings. The summed E-state index contributed by atoms with van der Waals surface area (Å²) < 4.78 is 0. The molecule has 1 saturated heterocycles. The number of nitrogens with two attached hydrogens (primary N) is 1. The molecule has 0 spiro atoms. The lowest BCUT2D eigenvalue weighted by molar-refractivity contribution is 0.709. The molecule has 1 saturated carbocycles. The van der Waals surface area contributed by atoms with Crippen LogP contribution in [-0.4, -0.2) is 16.5 Å². The van der Waals surface area contributed by atoms with E-state index in [1.54, 1.807) is 0 Å². The third-order valence-electron chi connectivity index (χ3n) is 4.79. The van der Waals surface area contributed by atoms with Gasteiger partial charge in [0.05, 0.1) is 17.9 Å². The van der Waals surface area contributed by atoms with Gasteiger partial charge in [-0.3, -0.25) is 4.98 Å². The summed E-state index contributed by atoms with van der Waals surface area (Å²) >= 11 is 0. The van der Waals surface area contributed by atoms with Crippen LogP contribution >= 0.6 is 0 Å². The van der Waals surface area contributed by atoms with E-state index in [4.69, 9.17) is 5.73 Å². The highest BCUT2D eigenvalue weighted by atomic mass is 15.2. The van der Waals surface area contributed by atoms with Gasteiger partial charge in [0.25, 0.3) is 0 Å². The van der Waals surface area contributed by atoms with Crippen LogP contribution in [0.4, 0.5) is 11.6 Å². The van der Waals surface area contributed by atoms with Gasteiger partial charge >= 0.3 is 0 Å². The van der Waals surface area contributed by atoms with Gasteiger partial charge in [-0.15, -0.1) is 0 Å².